The summed E-state index contributed by atoms with van der Waals surface area (Å²) in [6.07, 6.45) is 4.05. The fraction of sp³-hybridized carbons (Fsp3) is 0.750. The minimum Gasteiger partial charge on any atom is -0.349 e. The van der Waals surface area contributed by atoms with Gasteiger partial charge >= 0.3 is 0 Å². The van der Waals surface area contributed by atoms with E-state index >= 15 is 0 Å². The molecule has 0 saturated carbocycles. The molecule has 2 heterocycles. The van der Waals surface area contributed by atoms with Crippen LogP contribution in [0.3, 0.4) is 0 Å². The number of rotatable bonds is 6. The van der Waals surface area contributed by atoms with Gasteiger partial charge in [-0.2, -0.15) is 5.10 Å². The number of nitrogens with zero attached hydrogens (tertiary/aromatic N) is 2. The summed E-state index contributed by atoms with van der Waals surface area (Å²) in [6, 6.07) is -0.00934. The maximum atomic E-state index is 12.6. The largest absolute Gasteiger partial charge is 0.349 e. The van der Waals surface area contributed by atoms with E-state index in [4.69, 9.17) is 0 Å². The van der Waals surface area contributed by atoms with E-state index in [-0.39, 0.29) is 35.4 Å². The molecule has 2 rings (SSSR count). The Morgan fingerprint density at radius 1 is 1.39 bits per heavy atom. The van der Waals surface area contributed by atoms with Gasteiger partial charge in [-0.3, -0.25) is 9.48 Å². The highest BCUT2D eigenvalue weighted by molar-refractivity contribution is 7.91. The summed E-state index contributed by atoms with van der Waals surface area (Å²) >= 11 is 0. The molecule has 1 saturated heterocycles. The molecule has 1 aromatic rings. The highest BCUT2D eigenvalue weighted by atomic mass is 32.2. The van der Waals surface area contributed by atoms with Gasteiger partial charge in [0.2, 0.25) is 0 Å². The molecule has 0 unspecified atom stereocenters. The molecule has 6 nitrogen and oxygen atoms in total. The maximum Gasteiger partial charge on any atom is 0.254 e. The minimum atomic E-state index is -2.98. The van der Waals surface area contributed by atoms with Crippen molar-refractivity contribution < 1.29 is 13.2 Å². The lowest BCUT2D eigenvalue weighted by atomic mass is 10.1. The van der Waals surface area contributed by atoms with Gasteiger partial charge in [0.25, 0.3) is 5.91 Å². The molecular weight excluding hydrogens is 314 g/mol. The van der Waals surface area contributed by atoms with Crippen LogP contribution in [0.25, 0.3) is 0 Å². The van der Waals surface area contributed by atoms with Crippen molar-refractivity contribution in [2.45, 2.75) is 65.0 Å². The third kappa shape index (κ3) is 4.13. The first kappa shape index (κ1) is 18.0. The van der Waals surface area contributed by atoms with Crippen molar-refractivity contribution >= 4 is 15.7 Å². The first-order valence-electron chi connectivity index (χ1n) is 8.37. The van der Waals surface area contributed by atoms with Crippen LogP contribution < -0.4 is 5.32 Å². The molecular formula is C16H27N3O3S. The van der Waals surface area contributed by atoms with Gasteiger partial charge in [-0.15, -0.1) is 0 Å². The Bertz CT molecular complexity index is 660. The Balaban J connectivity index is 2.27. The third-order valence-electron chi connectivity index (χ3n) is 4.46. The number of hydrogen-bond donors (Lipinski definition) is 1. The van der Waals surface area contributed by atoms with Gasteiger partial charge in [0.05, 0.1) is 28.8 Å². The number of amides is 1. The summed E-state index contributed by atoms with van der Waals surface area (Å²) in [5, 5.41) is 7.57. The first-order chi connectivity index (χ1) is 10.8. The van der Waals surface area contributed by atoms with Crippen molar-refractivity contribution in [1.29, 1.82) is 0 Å². The topological polar surface area (TPSA) is 81.1 Å². The number of hydrogen-bond acceptors (Lipinski definition) is 4. The molecule has 1 aromatic heterocycles. The molecule has 1 aliphatic rings. The molecule has 0 spiro atoms. The molecule has 1 N–H and O–H groups in total. The average molecular weight is 341 g/mol. The normalized spacial score (nSPS) is 20.3. The van der Waals surface area contributed by atoms with Crippen molar-refractivity contribution in [3.8, 4) is 0 Å². The van der Waals surface area contributed by atoms with Gasteiger partial charge in [0.1, 0.15) is 0 Å². The monoisotopic (exact) mass is 341 g/mol. The predicted molar refractivity (Wildman–Crippen MR) is 90.5 cm³/mol. The zero-order valence-corrected chi connectivity index (χ0v) is 15.2. The SMILES string of the molecule is CCC(CC)NC(=O)c1cn([C@H]2CCS(=O)(=O)C2)nc1C(C)C. The first-order valence-corrected chi connectivity index (χ1v) is 10.2. The Kier molecular flexibility index (Phi) is 5.49. The van der Waals surface area contributed by atoms with Crippen LogP contribution in [-0.2, 0) is 9.84 Å². The average Bonchev–Trinajstić information content (AvgIpc) is 3.07. The summed E-state index contributed by atoms with van der Waals surface area (Å²) in [7, 11) is -2.98. The van der Waals surface area contributed by atoms with Crippen LogP contribution in [0.4, 0.5) is 0 Å². The smallest absolute Gasteiger partial charge is 0.254 e. The summed E-state index contributed by atoms with van der Waals surface area (Å²) in [4.78, 5) is 12.6. The molecule has 1 atom stereocenters. The number of nitrogens with one attached hydrogen (secondary N) is 1. The lowest BCUT2D eigenvalue weighted by Crippen LogP contribution is -2.34. The molecule has 7 heteroatoms. The van der Waals surface area contributed by atoms with Crippen molar-refractivity contribution in [2.24, 2.45) is 0 Å². The number of aromatic nitrogens is 2. The van der Waals surface area contributed by atoms with Crippen molar-refractivity contribution in [1.82, 2.24) is 15.1 Å². The highest BCUT2D eigenvalue weighted by Crippen LogP contribution is 2.26. The molecule has 1 aliphatic heterocycles. The minimum absolute atomic E-state index is 0.108. The number of carbonyl (C=O) groups excluding carboxylic acids is 1. The van der Waals surface area contributed by atoms with Crippen molar-refractivity contribution in [3.63, 3.8) is 0 Å². The fourth-order valence-electron chi connectivity index (χ4n) is 2.93. The highest BCUT2D eigenvalue weighted by Gasteiger charge is 2.31. The number of carbonyl (C=O) groups is 1. The third-order valence-corrected chi connectivity index (χ3v) is 6.21. The Labute approximate surface area is 138 Å². The van der Waals surface area contributed by atoms with E-state index in [0.717, 1.165) is 18.5 Å². The second-order valence-electron chi connectivity index (χ2n) is 6.61. The van der Waals surface area contributed by atoms with Crippen LogP contribution in [0.15, 0.2) is 6.20 Å². The van der Waals surface area contributed by atoms with Crippen LogP contribution in [0.2, 0.25) is 0 Å². The van der Waals surface area contributed by atoms with E-state index in [1.807, 2.05) is 27.7 Å². The van der Waals surface area contributed by atoms with Crippen molar-refractivity contribution in [3.05, 3.63) is 17.5 Å². The Hall–Kier alpha value is -1.37. The van der Waals surface area contributed by atoms with E-state index < -0.39 is 9.84 Å². The summed E-state index contributed by atoms with van der Waals surface area (Å²) in [5.41, 5.74) is 1.30. The van der Waals surface area contributed by atoms with Crippen LogP contribution in [0.5, 0.6) is 0 Å². The second-order valence-corrected chi connectivity index (χ2v) is 8.84. The maximum absolute atomic E-state index is 12.6. The Morgan fingerprint density at radius 2 is 2.04 bits per heavy atom. The Morgan fingerprint density at radius 3 is 2.52 bits per heavy atom. The predicted octanol–water partition coefficient (Wildman–Crippen LogP) is 2.28. The van der Waals surface area contributed by atoms with Gasteiger partial charge in [-0.25, -0.2) is 8.42 Å². The molecule has 0 radical (unpaired) electrons. The molecule has 23 heavy (non-hydrogen) atoms. The van der Waals surface area contributed by atoms with Crippen LogP contribution in [-0.4, -0.2) is 41.7 Å². The lowest BCUT2D eigenvalue weighted by Gasteiger charge is -2.14. The molecule has 0 aliphatic carbocycles. The van der Waals surface area contributed by atoms with Gasteiger partial charge in [-0.1, -0.05) is 27.7 Å². The van der Waals surface area contributed by atoms with Gasteiger partial charge in [-0.05, 0) is 25.2 Å². The zero-order chi connectivity index (χ0) is 17.2. The van der Waals surface area contributed by atoms with E-state index in [2.05, 4.69) is 10.4 Å². The standard InChI is InChI=1S/C16H27N3O3S/c1-5-12(6-2)17-16(20)14-9-19(18-15(14)11(3)4)13-7-8-23(21,22)10-13/h9,11-13H,5-8,10H2,1-4H3,(H,17,20)/t13-/m0/s1. The van der Waals surface area contributed by atoms with E-state index in [9.17, 15) is 13.2 Å². The van der Waals surface area contributed by atoms with E-state index in [1.54, 1.807) is 10.9 Å². The van der Waals surface area contributed by atoms with Crippen LogP contribution >= 0.6 is 0 Å². The van der Waals surface area contributed by atoms with Gasteiger partial charge in [0, 0.05) is 12.2 Å². The lowest BCUT2D eigenvalue weighted by molar-refractivity contribution is 0.0933. The zero-order valence-electron chi connectivity index (χ0n) is 14.4. The number of sulfone groups is 1. The summed E-state index contributed by atoms with van der Waals surface area (Å²) < 4.78 is 25.0. The molecule has 1 amide bonds. The molecule has 0 aromatic carbocycles. The second kappa shape index (κ2) is 7.03. The summed E-state index contributed by atoms with van der Waals surface area (Å²) in [6.45, 7) is 8.08. The molecule has 0 bridgehead atoms. The molecule has 1 fully saturated rings. The van der Waals surface area contributed by atoms with Gasteiger partial charge in [0.15, 0.2) is 9.84 Å². The quantitative estimate of drug-likeness (QED) is 0.861. The van der Waals surface area contributed by atoms with Crippen molar-refractivity contribution in [2.75, 3.05) is 11.5 Å². The molecule has 130 valence electrons. The van der Waals surface area contributed by atoms with Crippen LogP contribution in [0, 0.1) is 0 Å². The van der Waals surface area contributed by atoms with E-state index in [1.165, 1.54) is 0 Å². The summed E-state index contributed by atoms with van der Waals surface area (Å²) in [5.74, 6) is 0.301. The fourth-order valence-corrected chi connectivity index (χ4v) is 4.64. The van der Waals surface area contributed by atoms with Crippen LogP contribution in [0.1, 0.15) is 75.0 Å². The van der Waals surface area contributed by atoms with E-state index in [0.29, 0.717) is 12.0 Å². The van der Waals surface area contributed by atoms with Gasteiger partial charge < -0.3 is 5.32 Å².